The number of fused-ring (bicyclic) bond motifs is 2. The maximum atomic E-state index is 11.0. The first-order valence-electron chi connectivity index (χ1n) is 7.39. The van der Waals surface area contributed by atoms with E-state index in [1.807, 2.05) is 12.1 Å². The van der Waals surface area contributed by atoms with Crippen molar-refractivity contribution in [3.8, 4) is 11.5 Å². The standard InChI is InChI=1S/C16H23NO4/c1-19-12-5-10(6-13(7-12)20-2)15(18)16(9-17)8-11-3-4-14(16)21-11/h5-7,11,14-15,18H,3-4,8-9,17H2,1-2H3. The van der Waals surface area contributed by atoms with Gasteiger partial charge in [0.2, 0.25) is 0 Å². The van der Waals surface area contributed by atoms with Gasteiger partial charge in [-0.3, -0.25) is 0 Å². The fourth-order valence-electron chi connectivity index (χ4n) is 3.77. The van der Waals surface area contributed by atoms with E-state index < -0.39 is 11.5 Å². The third-order valence-electron chi connectivity index (χ3n) is 4.97. The molecule has 0 spiro atoms. The average Bonchev–Trinajstić information content (AvgIpc) is 3.14. The molecule has 2 fully saturated rings. The van der Waals surface area contributed by atoms with Gasteiger partial charge in [0.15, 0.2) is 0 Å². The summed E-state index contributed by atoms with van der Waals surface area (Å²) in [5.74, 6) is 1.33. The van der Waals surface area contributed by atoms with E-state index in [1.54, 1.807) is 20.3 Å². The van der Waals surface area contributed by atoms with Gasteiger partial charge in [0.1, 0.15) is 11.5 Å². The Morgan fingerprint density at radius 1 is 1.29 bits per heavy atom. The number of aliphatic hydroxyl groups is 1. The van der Waals surface area contributed by atoms with Gasteiger partial charge in [0.25, 0.3) is 0 Å². The zero-order chi connectivity index (χ0) is 15.0. The fourth-order valence-corrected chi connectivity index (χ4v) is 3.77. The maximum absolute atomic E-state index is 11.0. The van der Waals surface area contributed by atoms with Gasteiger partial charge in [-0.05, 0) is 37.0 Å². The summed E-state index contributed by atoms with van der Waals surface area (Å²) in [5, 5.41) is 11.0. The van der Waals surface area contributed by atoms with E-state index in [-0.39, 0.29) is 12.2 Å². The molecule has 2 heterocycles. The van der Waals surface area contributed by atoms with E-state index in [1.165, 1.54) is 0 Å². The highest BCUT2D eigenvalue weighted by Gasteiger charge is 2.55. The predicted octanol–water partition coefficient (Wildman–Crippen LogP) is 1.63. The summed E-state index contributed by atoms with van der Waals surface area (Å²) < 4.78 is 16.5. The lowest BCUT2D eigenvalue weighted by Crippen LogP contribution is -2.44. The van der Waals surface area contributed by atoms with Crippen LogP contribution in [0.2, 0.25) is 0 Å². The lowest BCUT2D eigenvalue weighted by molar-refractivity contribution is -0.0265. The zero-order valence-corrected chi connectivity index (χ0v) is 12.5. The Morgan fingerprint density at radius 3 is 2.38 bits per heavy atom. The molecule has 0 radical (unpaired) electrons. The molecule has 116 valence electrons. The summed E-state index contributed by atoms with van der Waals surface area (Å²) in [7, 11) is 3.20. The minimum atomic E-state index is -0.679. The van der Waals surface area contributed by atoms with Crippen molar-refractivity contribution >= 4 is 0 Å². The van der Waals surface area contributed by atoms with Crippen molar-refractivity contribution in [2.45, 2.75) is 37.6 Å². The molecule has 0 aromatic heterocycles. The van der Waals surface area contributed by atoms with Crippen LogP contribution in [0.4, 0.5) is 0 Å². The van der Waals surface area contributed by atoms with Crippen molar-refractivity contribution in [1.29, 1.82) is 0 Å². The molecule has 1 aromatic rings. The van der Waals surface area contributed by atoms with Crippen LogP contribution in [-0.4, -0.2) is 38.1 Å². The summed E-state index contributed by atoms with van der Waals surface area (Å²) in [6, 6.07) is 5.48. The molecule has 5 heteroatoms. The molecule has 0 saturated carbocycles. The molecule has 21 heavy (non-hydrogen) atoms. The Kier molecular flexibility index (Phi) is 3.82. The second-order valence-electron chi connectivity index (χ2n) is 6.01. The van der Waals surface area contributed by atoms with Crippen molar-refractivity contribution in [3.05, 3.63) is 23.8 Å². The van der Waals surface area contributed by atoms with Crippen LogP contribution in [0.25, 0.3) is 0 Å². The highest BCUT2D eigenvalue weighted by molar-refractivity contribution is 5.40. The Balaban J connectivity index is 1.95. The quantitative estimate of drug-likeness (QED) is 0.863. The molecule has 2 bridgehead atoms. The molecule has 2 aliphatic heterocycles. The van der Waals surface area contributed by atoms with Crippen LogP contribution in [-0.2, 0) is 4.74 Å². The largest absolute Gasteiger partial charge is 0.497 e. The number of nitrogens with two attached hydrogens (primary N) is 1. The number of aliphatic hydroxyl groups excluding tert-OH is 1. The number of hydrogen-bond acceptors (Lipinski definition) is 5. The van der Waals surface area contributed by atoms with Crippen LogP contribution in [0.5, 0.6) is 11.5 Å². The summed E-state index contributed by atoms with van der Waals surface area (Å²) in [6.45, 7) is 0.412. The van der Waals surface area contributed by atoms with Crippen LogP contribution in [0.1, 0.15) is 30.9 Å². The summed E-state index contributed by atoms with van der Waals surface area (Å²) >= 11 is 0. The van der Waals surface area contributed by atoms with Gasteiger partial charge in [-0.2, -0.15) is 0 Å². The molecule has 3 rings (SSSR count). The van der Waals surface area contributed by atoms with Gasteiger partial charge in [0, 0.05) is 18.0 Å². The van der Waals surface area contributed by atoms with Crippen molar-refractivity contribution in [3.63, 3.8) is 0 Å². The third-order valence-corrected chi connectivity index (χ3v) is 4.97. The normalized spacial score (nSPS) is 32.2. The van der Waals surface area contributed by atoms with Crippen LogP contribution < -0.4 is 15.2 Å². The van der Waals surface area contributed by atoms with Crippen molar-refractivity contribution < 1.29 is 19.3 Å². The fraction of sp³-hybridized carbons (Fsp3) is 0.625. The number of rotatable bonds is 5. The second-order valence-corrected chi connectivity index (χ2v) is 6.01. The first-order valence-corrected chi connectivity index (χ1v) is 7.39. The van der Waals surface area contributed by atoms with E-state index in [0.29, 0.717) is 18.0 Å². The smallest absolute Gasteiger partial charge is 0.122 e. The molecule has 4 unspecified atom stereocenters. The van der Waals surface area contributed by atoms with Gasteiger partial charge in [-0.15, -0.1) is 0 Å². The van der Waals surface area contributed by atoms with Crippen LogP contribution in [0, 0.1) is 5.41 Å². The lowest BCUT2D eigenvalue weighted by atomic mass is 9.68. The van der Waals surface area contributed by atoms with Crippen molar-refractivity contribution in [1.82, 2.24) is 0 Å². The Hall–Kier alpha value is -1.30. The van der Waals surface area contributed by atoms with E-state index in [0.717, 1.165) is 24.8 Å². The van der Waals surface area contributed by atoms with Gasteiger partial charge >= 0.3 is 0 Å². The molecule has 0 amide bonds. The summed E-state index contributed by atoms with van der Waals surface area (Å²) in [6.07, 6.45) is 2.46. The maximum Gasteiger partial charge on any atom is 0.122 e. The molecular weight excluding hydrogens is 270 g/mol. The van der Waals surface area contributed by atoms with Gasteiger partial charge in [0.05, 0.1) is 32.5 Å². The topological polar surface area (TPSA) is 73.9 Å². The molecule has 2 aliphatic rings. The zero-order valence-electron chi connectivity index (χ0n) is 12.5. The lowest BCUT2D eigenvalue weighted by Gasteiger charge is -2.38. The highest BCUT2D eigenvalue weighted by Crippen LogP contribution is 2.54. The van der Waals surface area contributed by atoms with Gasteiger partial charge in [-0.25, -0.2) is 0 Å². The number of methoxy groups -OCH3 is 2. The average molecular weight is 293 g/mol. The molecule has 5 nitrogen and oxygen atoms in total. The van der Waals surface area contributed by atoms with Crippen molar-refractivity contribution in [2.75, 3.05) is 20.8 Å². The molecular formula is C16H23NO4. The van der Waals surface area contributed by atoms with E-state index >= 15 is 0 Å². The Labute approximate surface area is 125 Å². The highest BCUT2D eigenvalue weighted by atomic mass is 16.5. The first-order chi connectivity index (χ1) is 10.1. The number of benzene rings is 1. The van der Waals surface area contributed by atoms with E-state index in [9.17, 15) is 5.11 Å². The molecule has 3 N–H and O–H groups in total. The molecule has 0 aliphatic carbocycles. The molecule has 2 saturated heterocycles. The van der Waals surface area contributed by atoms with Gasteiger partial charge in [-0.1, -0.05) is 0 Å². The SMILES string of the molecule is COc1cc(OC)cc(C(O)C2(CN)CC3CCC2O3)c1. The number of ether oxygens (including phenoxy) is 3. The second kappa shape index (κ2) is 5.48. The molecule has 1 aromatic carbocycles. The molecule has 4 atom stereocenters. The first kappa shape index (κ1) is 14.6. The minimum absolute atomic E-state index is 0.0414. The van der Waals surface area contributed by atoms with E-state index in [4.69, 9.17) is 19.9 Å². The van der Waals surface area contributed by atoms with Crippen LogP contribution in [0.15, 0.2) is 18.2 Å². The Bertz CT molecular complexity index is 499. The summed E-state index contributed by atoms with van der Waals surface area (Å²) in [4.78, 5) is 0. The van der Waals surface area contributed by atoms with E-state index in [2.05, 4.69) is 0 Å². The van der Waals surface area contributed by atoms with Gasteiger partial charge < -0.3 is 25.1 Å². The summed E-state index contributed by atoms with van der Waals surface area (Å²) in [5.41, 5.74) is 6.40. The van der Waals surface area contributed by atoms with Crippen LogP contribution in [0.3, 0.4) is 0 Å². The predicted molar refractivity (Wildman–Crippen MR) is 78.5 cm³/mol. The monoisotopic (exact) mass is 293 g/mol. The Morgan fingerprint density at radius 2 is 1.95 bits per heavy atom. The minimum Gasteiger partial charge on any atom is -0.497 e. The number of hydrogen-bond donors (Lipinski definition) is 2. The van der Waals surface area contributed by atoms with Crippen LogP contribution >= 0.6 is 0 Å². The van der Waals surface area contributed by atoms with Crippen molar-refractivity contribution in [2.24, 2.45) is 11.1 Å². The third kappa shape index (κ3) is 2.29.